The molecule has 2 rings (SSSR count). The van der Waals surface area contributed by atoms with Gasteiger partial charge in [-0.15, -0.1) is 0 Å². The van der Waals surface area contributed by atoms with E-state index in [9.17, 15) is 4.79 Å². The molecule has 0 amide bonds. The quantitative estimate of drug-likeness (QED) is 0.366. The summed E-state index contributed by atoms with van der Waals surface area (Å²) in [5.41, 5.74) is 6.20. The molecule has 0 bridgehead atoms. The molecule has 2 aromatic rings. The van der Waals surface area contributed by atoms with Gasteiger partial charge in [-0.1, -0.05) is 28.4 Å². The van der Waals surface area contributed by atoms with Crippen LogP contribution in [0.25, 0.3) is 0 Å². The molecule has 0 aromatic heterocycles. The SMILES string of the molecule is COc1ccc(Cl)cc1/C(N)=N/OC(=O)COc1ccc(Cl)cc1. The van der Waals surface area contributed by atoms with E-state index >= 15 is 0 Å². The fourth-order valence-corrected chi connectivity index (χ4v) is 2.03. The van der Waals surface area contributed by atoms with Crippen molar-refractivity contribution in [2.45, 2.75) is 0 Å². The molecule has 2 N–H and O–H groups in total. The maximum atomic E-state index is 11.6. The summed E-state index contributed by atoms with van der Waals surface area (Å²) in [6.07, 6.45) is 0. The van der Waals surface area contributed by atoms with Gasteiger partial charge in [0.05, 0.1) is 12.7 Å². The zero-order chi connectivity index (χ0) is 17.5. The van der Waals surface area contributed by atoms with Crippen LogP contribution in [0.5, 0.6) is 11.5 Å². The summed E-state index contributed by atoms with van der Waals surface area (Å²) in [5.74, 6) is 0.169. The van der Waals surface area contributed by atoms with Gasteiger partial charge in [0, 0.05) is 10.0 Å². The molecule has 8 heteroatoms. The van der Waals surface area contributed by atoms with E-state index in [1.165, 1.54) is 7.11 Å². The van der Waals surface area contributed by atoms with Gasteiger partial charge in [0.1, 0.15) is 11.5 Å². The standard InChI is InChI=1S/C16H14Cl2N2O4/c1-22-14-7-4-11(18)8-13(14)16(19)20-24-15(21)9-23-12-5-2-10(17)3-6-12/h2-8H,9H2,1H3,(H2,19,20). The fraction of sp³-hybridized carbons (Fsp3) is 0.125. The first kappa shape index (κ1) is 17.9. The molecule has 0 unspecified atom stereocenters. The smallest absolute Gasteiger partial charge is 0.372 e. The lowest BCUT2D eigenvalue weighted by Gasteiger charge is -2.08. The van der Waals surface area contributed by atoms with E-state index in [2.05, 4.69) is 5.16 Å². The second kappa shape index (κ2) is 8.42. The average molecular weight is 369 g/mol. The number of methoxy groups -OCH3 is 1. The number of oxime groups is 1. The van der Waals surface area contributed by atoms with Gasteiger partial charge in [0.15, 0.2) is 12.4 Å². The first-order valence-electron chi connectivity index (χ1n) is 6.75. The van der Waals surface area contributed by atoms with Crippen LogP contribution < -0.4 is 15.2 Å². The van der Waals surface area contributed by atoms with Crippen molar-refractivity contribution in [1.82, 2.24) is 0 Å². The van der Waals surface area contributed by atoms with E-state index in [-0.39, 0.29) is 12.4 Å². The van der Waals surface area contributed by atoms with Crippen LogP contribution in [-0.2, 0) is 9.63 Å². The summed E-state index contributed by atoms with van der Waals surface area (Å²) < 4.78 is 10.4. The lowest BCUT2D eigenvalue weighted by Crippen LogP contribution is -2.18. The van der Waals surface area contributed by atoms with Gasteiger partial charge in [0.25, 0.3) is 0 Å². The van der Waals surface area contributed by atoms with Crippen molar-refractivity contribution in [1.29, 1.82) is 0 Å². The van der Waals surface area contributed by atoms with Crippen molar-refractivity contribution in [3.63, 3.8) is 0 Å². The first-order chi connectivity index (χ1) is 11.5. The van der Waals surface area contributed by atoms with Crippen molar-refractivity contribution in [3.8, 4) is 11.5 Å². The van der Waals surface area contributed by atoms with Crippen LogP contribution in [0.1, 0.15) is 5.56 Å². The monoisotopic (exact) mass is 368 g/mol. The second-order valence-electron chi connectivity index (χ2n) is 4.53. The summed E-state index contributed by atoms with van der Waals surface area (Å²) in [6.45, 7) is -0.328. The Morgan fingerprint density at radius 1 is 1.12 bits per heavy atom. The largest absolute Gasteiger partial charge is 0.496 e. The Morgan fingerprint density at radius 3 is 2.46 bits per heavy atom. The zero-order valence-electron chi connectivity index (χ0n) is 12.7. The molecule has 0 saturated heterocycles. The molecule has 0 fully saturated rings. The van der Waals surface area contributed by atoms with Crippen LogP contribution in [0.15, 0.2) is 47.6 Å². The van der Waals surface area contributed by atoms with Crippen molar-refractivity contribution in [2.75, 3.05) is 13.7 Å². The molecule has 0 aliphatic rings. The molecule has 24 heavy (non-hydrogen) atoms. The van der Waals surface area contributed by atoms with Crippen molar-refractivity contribution in [3.05, 3.63) is 58.1 Å². The van der Waals surface area contributed by atoms with Crippen molar-refractivity contribution >= 4 is 35.0 Å². The number of carbonyl (C=O) groups is 1. The lowest BCUT2D eigenvalue weighted by molar-refractivity contribution is -0.146. The van der Waals surface area contributed by atoms with Crippen molar-refractivity contribution < 1.29 is 19.1 Å². The summed E-state index contributed by atoms with van der Waals surface area (Å²) in [7, 11) is 1.48. The molecular weight excluding hydrogens is 355 g/mol. The number of ether oxygens (including phenoxy) is 2. The van der Waals surface area contributed by atoms with Gasteiger partial charge in [0.2, 0.25) is 0 Å². The summed E-state index contributed by atoms with van der Waals surface area (Å²) in [6, 6.07) is 11.4. The maximum absolute atomic E-state index is 11.6. The molecule has 0 spiro atoms. The number of hydrogen-bond donors (Lipinski definition) is 1. The minimum absolute atomic E-state index is 0.0470. The second-order valence-corrected chi connectivity index (χ2v) is 5.40. The zero-order valence-corrected chi connectivity index (χ0v) is 14.2. The van der Waals surface area contributed by atoms with E-state index in [1.807, 2.05) is 0 Å². The molecule has 6 nitrogen and oxygen atoms in total. The third-order valence-corrected chi connectivity index (χ3v) is 3.34. The van der Waals surface area contributed by atoms with E-state index in [1.54, 1.807) is 42.5 Å². The third-order valence-electron chi connectivity index (χ3n) is 2.85. The Labute approximate surface area is 148 Å². The van der Waals surface area contributed by atoms with Gasteiger partial charge in [-0.05, 0) is 42.5 Å². The number of halogens is 2. The van der Waals surface area contributed by atoms with Crippen LogP contribution in [0, 0.1) is 0 Å². The maximum Gasteiger partial charge on any atom is 0.372 e. The minimum Gasteiger partial charge on any atom is -0.496 e. The lowest BCUT2D eigenvalue weighted by atomic mass is 10.2. The highest BCUT2D eigenvalue weighted by molar-refractivity contribution is 6.31. The summed E-state index contributed by atoms with van der Waals surface area (Å²) in [4.78, 5) is 16.4. The Morgan fingerprint density at radius 2 is 1.79 bits per heavy atom. The number of hydrogen-bond acceptors (Lipinski definition) is 5. The van der Waals surface area contributed by atoms with E-state index in [4.69, 9.17) is 43.2 Å². The topological polar surface area (TPSA) is 83.1 Å². The van der Waals surface area contributed by atoms with Gasteiger partial charge >= 0.3 is 5.97 Å². The number of nitrogens with two attached hydrogens (primary N) is 1. The number of nitrogens with zero attached hydrogens (tertiary/aromatic N) is 1. The molecule has 0 saturated carbocycles. The van der Waals surface area contributed by atoms with Crippen LogP contribution >= 0.6 is 23.2 Å². The number of amidine groups is 1. The number of rotatable bonds is 6. The molecular formula is C16H14Cl2N2O4. The summed E-state index contributed by atoms with van der Waals surface area (Å²) in [5, 5.41) is 4.59. The van der Waals surface area contributed by atoms with E-state index in [0.717, 1.165) is 0 Å². The van der Waals surface area contributed by atoms with Crippen molar-refractivity contribution in [2.24, 2.45) is 10.9 Å². The molecule has 0 radical (unpaired) electrons. The van der Waals surface area contributed by atoms with Gasteiger partial charge < -0.3 is 20.0 Å². The highest BCUT2D eigenvalue weighted by Gasteiger charge is 2.10. The van der Waals surface area contributed by atoms with E-state index in [0.29, 0.717) is 27.1 Å². The highest BCUT2D eigenvalue weighted by Crippen LogP contribution is 2.22. The Hall–Kier alpha value is -2.44. The third kappa shape index (κ3) is 5.04. The molecule has 0 aliphatic heterocycles. The molecule has 2 aromatic carbocycles. The van der Waals surface area contributed by atoms with Gasteiger partial charge in [-0.3, -0.25) is 0 Å². The van der Waals surface area contributed by atoms with Crippen LogP contribution in [0.4, 0.5) is 0 Å². The predicted molar refractivity (Wildman–Crippen MR) is 91.8 cm³/mol. The van der Waals surface area contributed by atoms with Gasteiger partial charge in [-0.2, -0.15) is 0 Å². The Balaban J connectivity index is 1.95. The average Bonchev–Trinajstić information content (AvgIpc) is 2.59. The fourth-order valence-electron chi connectivity index (χ4n) is 1.73. The van der Waals surface area contributed by atoms with Gasteiger partial charge in [-0.25, -0.2) is 4.79 Å². The van der Waals surface area contributed by atoms with Crippen LogP contribution in [-0.4, -0.2) is 25.5 Å². The Kier molecular flexibility index (Phi) is 6.28. The van der Waals surface area contributed by atoms with Crippen LogP contribution in [0.2, 0.25) is 10.0 Å². The number of benzene rings is 2. The molecule has 0 aliphatic carbocycles. The minimum atomic E-state index is -0.714. The normalized spacial score (nSPS) is 11.0. The Bertz CT molecular complexity index is 748. The van der Waals surface area contributed by atoms with Crippen LogP contribution in [0.3, 0.4) is 0 Å². The molecule has 0 atom stereocenters. The molecule has 126 valence electrons. The summed E-state index contributed by atoms with van der Waals surface area (Å²) >= 11 is 11.7. The number of carbonyl (C=O) groups excluding carboxylic acids is 1. The highest BCUT2D eigenvalue weighted by atomic mass is 35.5. The first-order valence-corrected chi connectivity index (χ1v) is 7.51. The van der Waals surface area contributed by atoms with E-state index < -0.39 is 5.97 Å². The predicted octanol–water partition coefficient (Wildman–Crippen LogP) is 3.24. The molecule has 0 heterocycles.